The second kappa shape index (κ2) is 11.2. The van der Waals surface area contributed by atoms with E-state index in [1.807, 2.05) is 54.3 Å². The molecule has 2 aromatic carbocycles. The summed E-state index contributed by atoms with van der Waals surface area (Å²) in [6.45, 7) is 6.99. The van der Waals surface area contributed by atoms with Crippen molar-refractivity contribution in [1.82, 2.24) is 15.1 Å². The van der Waals surface area contributed by atoms with Crippen LogP contribution in [-0.2, 0) is 11.3 Å². The number of amides is 1. The average molecular weight is 424 g/mol. The summed E-state index contributed by atoms with van der Waals surface area (Å²) in [6.07, 6.45) is 0. The Morgan fingerprint density at radius 3 is 2.48 bits per heavy atom. The zero-order chi connectivity index (χ0) is 22.1. The number of anilines is 1. The van der Waals surface area contributed by atoms with Crippen LogP contribution in [0.5, 0.6) is 5.75 Å². The van der Waals surface area contributed by atoms with E-state index in [1.165, 1.54) is 0 Å². The van der Waals surface area contributed by atoms with Crippen LogP contribution in [0.25, 0.3) is 0 Å². The molecule has 0 bridgehead atoms. The van der Waals surface area contributed by atoms with Gasteiger partial charge in [0.05, 0.1) is 13.7 Å². The third kappa shape index (κ3) is 6.13. The van der Waals surface area contributed by atoms with Gasteiger partial charge in [-0.1, -0.05) is 36.4 Å². The van der Waals surface area contributed by atoms with Crippen LogP contribution in [0.15, 0.2) is 59.6 Å². The minimum atomic E-state index is 0.0718. The number of nitrogens with one attached hydrogen (secondary N) is 1. The molecule has 7 nitrogen and oxygen atoms in total. The summed E-state index contributed by atoms with van der Waals surface area (Å²) in [7, 11) is 3.45. The molecular weight excluding hydrogens is 390 g/mol. The van der Waals surface area contributed by atoms with Crippen molar-refractivity contribution >= 4 is 17.6 Å². The van der Waals surface area contributed by atoms with Crippen molar-refractivity contribution in [3.8, 4) is 5.75 Å². The van der Waals surface area contributed by atoms with Gasteiger partial charge >= 0.3 is 0 Å². The molecule has 1 aliphatic heterocycles. The Balaban J connectivity index is 1.50. The average Bonchev–Trinajstić information content (AvgIpc) is 2.83. The highest BCUT2D eigenvalue weighted by Gasteiger charge is 2.21. The number of aliphatic imine (C=N–C) groups is 1. The maximum Gasteiger partial charge on any atom is 0.242 e. The SMILES string of the molecule is CCN(Cc1ccccc1)C(=O)CNC(=NC)N1CCN(c2cccc(OC)c2)CC1. The summed E-state index contributed by atoms with van der Waals surface area (Å²) in [5.74, 6) is 1.71. The summed E-state index contributed by atoms with van der Waals surface area (Å²) in [5.41, 5.74) is 2.30. The molecule has 1 amide bonds. The first-order valence-electron chi connectivity index (χ1n) is 10.8. The van der Waals surface area contributed by atoms with E-state index in [2.05, 4.69) is 32.2 Å². The lowest BCUT2D eigenvalue weighted by Gasteiger charge is -2.37. The molecule has 2 aromatic rings. The van der Waals surface area contributed by atoms with Crippen LogP contribution in [-0.4, -0.2) is 75.1 Å². The van der Waals surface area contributed by atoms with Gasteiger partial charge in [0, 0.05) is 58.1 Å². The van der Waals surface area contributed by atoms with E-state index < -0.39 is 0 Å². The standard InChI is InChI=1S/C24H33N5O2/c1-4-27(19-20-9-6-5-7-10-20)23(30)18-26-24(25-2)29-15-13-28(14-16-29)21-11-8-12-22(17-21)31-3/h5-12,17H,4,13-16,18-19H2,1-3H3,(H,25,26). The van der Waals surface area contributed by atoms with Gasteiger partial charge in [0.1, 0.15) is 5.75 Å². The highest BCUT2D eigenvalue weighted by Crippen LogP contribution is 2.22. The number of piperazine rings is 1. The van der Waals surface area contributed by atoms with Gasteiger partial charge in [-0.25, -0.2) is 0 Å². The minimum Gasteiger partial charge on any atom is -0.497 e. The second-order valence-electron chi connectivity index (χ2n) is 7.47. The maximum absolute atomic E-state index is 12.7. The summed E-state index contributed by atoms with van der Waals surface area (Å²) >= 11 is 0. The summed E-state index contributed by atoms with van der Waals surface area (Å²) in [5, 5.41) is 3.26. The first kappa shape index (κ1) is 22.5. The van der Waals surface area contributed by atoms with Crippen molar-refractivity contribution in [2.75, 3.05) is 58.3 Å². The molecule has 31 heavy (non-hydrogen) atoms. The molecule has 0 aromatic heterocycles. The largest absolute Gasteiger partial charge is 0.497 e. The minimum absolute atomic E-state index is 0.0718. The van der Waals surface area contributed by atoms with Gasteiger partial charge < -0.3 is 24.8 Å². The number of nitrogens with zero attached hydrogens (tertiary/aromatic N) is 4. The van der Waals surface area contributed by atoms with Crippen molar-refractivity contribution in [2.24, 2.45) is 4.99 Å². The van der Waals surface area contributed by atoms with Gasteiger partial charge in [0.2, 0.25) is 5.91 Å². The lowest BCUT2D eigenvalue weighted by molar-refractivity contribution is -0.130. The number of hydrogen-bond acceptors (Lipinski definition) is 4. The molecule has 7 heteroatoms. The van der Waals surface area contributed by atoms with Crippen LogP contribution in [0.3, 0.4) is 0 Å². The quantitative estimate of drug-likeness (QED) is 0.548. The first-order valence-corrected chi connectivity index (χ1v) is 10.8. The Bertz CT molecular complexity index is 863. The third-order valence-electron chi connectivity index (χ3n) is 5.56. The van der Waals surface area contributed by atoms with Gasteiger partial charge in [0.15, 0.2) is 5.96 Å². The van der Waals surface area contributed by atoms with Crippen LogP contribution < -0.4 is 15.0 Å². The number of guanidine groups is 1. The van der Waals surface area contributed by atoms with Crippen molar-refractivity contribution in [1.29, 1.82) is 0 Å². The van der Waals surface area contributed by atoms with E-state index >= 15 is 0 Å². The van der Waals surface area contributed by atoms with E-state index in [9.17, 15) is 4.79 Å². The number of carbonyl (C=O) groups excluding carboxylic acids is 1. The summed E-state index contributed by atoms with van der Waals surface area (Å²) < 4.78 is 5.34. The molecule has 1 saturated heterocycles. The molecular formula is C24H33N5O2. The molecule has 0 saturated carbocycles. The normalized spacial score (nSPS) is 14.4. The van der Waals surface area contributed by atoms with Crippen molar-refractivity contribution in [3.05, 3.63) is 60.2 Å². The number of benzene rings is 2. The molecule has 1 fully saturated rings. The monoisotopic (exact) mass is 423 g/mol. The highest BCUT2D eigenvalue weighted by atomic mass is 16.5. The van der Waals surface area contributed by atoms with E-state index in [0.29, 0.717) is 13.1 Å². The predicted octanol–water partition coefficient (Wildman–Crippen LogP) is 2.44. The molecule has 0 radical (unpaired) electrons. The first-order chi connectivity index (χ1) is 15.1. The van der Waals surface area contributed by atoms with E-state index in [-0.39, 0.29) is 12.5 Å². The summed E-state index contributed by atoms with van der Waals surface area (Å²) in [6, 6.07) is 18.2. The van der Waals surface area contributed by atoms with Gasteiger partial charge in [-0.05, 0) is 24.6 Å². The van der Waals surface area contributed by atoms with E-state index in [0.717, 1.165) is 49.1 Å². The van der Waals surface area contributed by atoms with Gasteiger partial charge in [-0.2, -0.15) is 0 Å². The lowest BCUT2D eigenvalue weighted by atomic mass is 10.2. The molecule has 1 N–H and O–H groups in total. The van der Waals surface area contributed by atoms with Crippen molar-refractivity contribution in [3.63, 3.8) is 0 Å². The molecule has 166 valence electrons. The predicted molar refractivity (Wildman–Crippen MR) is 126 cm³/mol. The zero-order valence-electron chi connectivity index (χ0n) is 18.8. The fourth-order valence-electron chi connectivity index (χ4n) is 3.76. The second-order valence-corrected chi connectivity index (χ2v) is 7.47. The Hall–Kier alpha value is -3.22. The van der Waals surface area contributed by atoms with Crippen LogP contribution in [0, 0.1) is 0 Å². The number of likely N-dealkylation sites (N-methyl/N-ethyl adjacent to an activating group) is 1. The lowest BCUT2D eigenvalue weighted by Crippen LogP contribution is -2.54. The topological polar surface area (TPSA) is 60.4 Å². The molecule has 1 aliphatic rings. The molecule has 0 aliphatic carbocycles. The van der Waals surface area contributed by atoms with Crippen LogP contribution in [0.2, 0.25) is 0 Å². The van der Waals surface area contributed by atoms with Crippen molar-refractivity contribution < 1.29 is 9.53 Å². The molecule has 0 spiro atoms. The van der Waals surface area contributed by atoms with Crippen LogP contribution in [0.4, 0.5) is 5.69 Å². The smallest absolute Gasteiger partial charge is 0.242 e. The fourth-order valence-corrected chi connectivity index (χ4v) is 3.76. The van der Waals surface area contributed by atoms with Gasteiger partial charge in [0.25, 0.3) is 0 Å². The van der Waals surface area contributed by atoms with Crippen molar-refractivity contribution in [2.45, 2.75) is 13.5 Å². The van der Waals surface area contributed by atoms with E-state index in [4.69, 9.17) is 4.74 Å². The van der Waals surface area contributed by atoms with Crippen LogP contribution in [0.1, 0.15) is 12.5 Å². The van der Waals surface area contributed by atoms with E-state index in [1.54, 1.807) is 14.2 Å². The maximum atomic E-state index is 12.7. The zero-order valence-corrected chi connectivity index (χ0v) is 18.8. The summed E-state index contributed by atoms with van der Waals surface area (Å²) in [4.78, 5) is 23.6. The van der Waals surface area contributed by atoms with Gasteiger partial charge in [-0.3, -0.25) is 9.79 Å². The Morgan fingerprint density at radius 1 is 1.10 bits per heavy atom. The number of hydrogen-bond donors (Lipinski definition) is 1. The number of ether oxygens (including phenoxy) is 1. The van der Waals surface area contributed by atoms with Crippen LogP contribution >= 0.6 is 0 Å². The third-order valence-corrected chi connectivity index (χ3v) is 5.56. The number of methoxy groups -OCH3 is 1. The molecule has 0 unspecified atom stereocenters. The molecule has 3 rings (SSSR count). The molecule has 0 atom stereocenters. The van der Waals surface area contributed by atoms with Gasteiger partial charge in [-0.15, -0.1) is 0 Å². The Labute approximate surface area is 185 Å². The Morgan fingerprint density at radius 2 is 1.84 bits per heavy atom. The highest BCUT2D eigenvalue weighted by molar-refractivity contribution is 5.86. The molecule has 1 heterocycles. The fraction of sp³-hybridized carbons (Fsp3) is 0.417. The number of carbonyl (C=O) groups is 1. The Kier molecular flexibility index (Phi) is 8.15. The number of rotatable bonds is 7.